The predicted octanol–water partition coefficient (Wildman–Crippen LogP) is 2.92. The molecule has 2 rings (SSSR count). The molecular weight excluding hydrogens is 234 g/mol. The minimum absolute atomic E-state index is 0.109. The van der Waals surface area contributed by atoms with Crippen molar-refractivity contribution >= 4 is 0 Å². The van der Waals surface area contributed by atoms with Crippen molar-refractivity contribution < 1.29 is 5.11 Å². The Hall–Kier alpha value is -1.64. The van der Waals surface area contributed by atoms with Gasteiger partial charge in [0.25, 0.3) is 0 Å². The first-order valence-corrected chi connectivity index (χ1v) is 6.57. The van der Waals surface area contributed by atoms with Crippen LogP contribution in [0.3, 0.4) is 0 Å². The molecule has 3 N–H and O–H groups in total. The van der Waals surface area contributed by atoms with E-state index in [1.165, 1.54) is 0 Å². The molecule has 1 unspecified atom stereocenters. The van der Waals surface area contributed by atoms with Crippen molar-refractivity contribution in [2.75, 3.05) is 0 Å². The van der Waals surface area contributed by atoms with Crippen LogP contribution in [-0.4, -0.2) is 16.7 Å². The van der Waals surface area contributed by atoms with Crippen LogP contribution in [0.4, 0.5) is 0 Å². The molecule has 2 aromatic carbocycles. The summed E-state index contributed by atoms with van der Waals surface area (Å²) in [4.78, 5) is 0. The summed E-state index contributed by atoms with van der Waals surface area (Å²) in [6.07, 6.45) is -0.641. The van der Waals surface area contributed by atoms with Crippen LogP contribution in [0.2, 0.25) is 0 Å². The Morgan fingerprint density at radius 3 is 1.53 bits per heavy atom. The third-order valence-electron chi connectivity index (χ3n) is 3.40. The molecule has 0 aliphatic heterocycles. The highest BCUT2D eigenvalue weighted by molar-refractivity contribution is 5.34. The van der Waals surface area contributed by atoms with Gasteiger partial charge < -0.3 is 10.8 Å². The van der Waals surface area contributed by atoms with E-state index in [2.05, 4.69) is 0 Å². The normalized spacial score (nSPS) is 13.5. The summed E-state index contributed by atoms with van der Waals surface area (Å²) in [7, 11) is 0. The maximum absolute atomic E-state index is 10.6. The van der Waals surface area contributed by atoms with Gasteiger partial charge in [-0.2, -0.15) is 0 Å². The number of hydrogen-bond donors (Lipinski definition) is 2. The van der Waals surface area contributed by atoms with Gasteiger partial charge in [0.1, 0.15) is 0 Å². The van der Waals surface area contributed by atoms with Gasteiger partial charge in [0, 0.05) is 11.5 Å². The molecular formula is C17H21NO. The fourth-order valence-electron chi connectivity index (χ4n) is 2.31. The Kier molecular flexibility index (Phi) is 4.03. The summed E-state index contributed by atoms with van der Waals surface area (Å²) in [6, 6.07) is 20.0. The molecule has 100 valence electrons. The Bertz CT molecular complexity index is 462. The van der Waals surface area contributed by atoms with E-state index in [-0.39, 0.29) is 5.92 Å². The lowest BCUT2D eigenvalue weighted by molar-refractivity contribution is 0.0882. The van der Waals surface area contributed by atoms with Crippen LogP contribution in [0.1, 0.15) is 30.9 Å². The van der Waals surface area contributed by atoms with Gasteiger partial charge >= 0.3 is 0 Å². The van der Waals surface area contributed by atoms with Crippen LogP contribution in [-0.2, 0) is 0 Å². The monoisotopic (exact) mass is 255 g/mol. The van der Waals surface area contributed by atoms with Crippen molar-refractivity contribution in [1.82, 2.24) is 0 Å². The van der Waals surface area contributed by atoms with Crippen LogP contribution in [0.5, 0.6) is 0 Å². The van der Waals surface area contributed by atoms with E-state index in [1.54, 1.807) is 0 Å². The quantitative estimate of drug-likeness (QED) is 0.882. The predicted molar refractivity (Wildman–Crippen MR) is 79.0 cm³/mol. The lowest BCUT2D eigenvalue weighted by Gasteiger charge is -2.33. The molecule has 1 atom stereocenters. The Morgan fingerprint density at radius 1 is 0.842 bits per heavy atom. The highest BCUT2D eigenvalue weighted by Gasteiger charge is 2.32. The molecule has 2 nitrogen and oxygen atoms in total. The summed E-state index contributed by atoms with van der Waals surface area (Å²) in [5, 5.41) is 10.6. The summed E-state index contributed by atoms with van der Waals surface area (Å²) in [5.74, 6) is -0.109. The second-order valence-electron chi connectivity index (χ2n) is 5.57. The maximum atomic E-state index is 10.6. The van der Waals surface area contributed by atoms with E-state index >= 15 is 0 Å². The molecule has 2 aromatic rings. The lowest BCUT2D eigenvalue weighted by Crippen LogP contribution is -2.48. The van der Waals surface area contributed by atoms with Gasteiger partial charge in [-0.1, -0.05) is 60.7 Å². The minimum atomic E-state index is -0.656. The van der Waals surface area contributed by atoms with E-state index in [0.29, 0.717) is 0 Å². The van der Waals surface area contributed by atoms with E-state index in [4.69, 9.17) is 5.73 Å². The van der Waals surface area contributed by atoms with Gasteiger partial charge in [0.05, 0.1) is 6.10 Å². The summed E-state index contributed by atoms with van der Waals surface area (Å²) in [6.45, 7) is 3.72. The number of rotatable bonds is 4. The zero-order valence-electron chi connectivity index (χ0n) is 11.5. The molecule has 0 aliphatic carbocycles. The second-order valence-corrected chi connectivity index (χ2v) is 5.57. The average Bonchev–Trinajstić information content (AvgIpc) is 2.40. The molecule has 2 heteroatoms. The Labute approximate surface area is 114 Å². The topological polar surface area (TPSA) is 46.2 Å². The molecule has 0 amide bonds. The molecule has 0 spiro atoms. The molecule has 0 radical (unpaired) electrons. The summed E-state index contributed by atoms with van der Waals surface area (Å²) < 4.78 is 0. The van der Waals surface area contributed by atoms with Gasteiger partial charge in [-0.25, -0.2) is 0 Å². The second kappa shape index (κ2) is 5.55. The van der Waals surface area contributed by atoms with Crippen molar-refractivity contribution in [2.45, 2.75) is 31.4 Å². The standard InChI is InChI=1S/C17H21NO/c1-17(2,18)16(19)15(13-9-5-3-6-10-13)14-11-7-4-8-12-14/h3-12,15-16,19H,18H2,1-2H3. The highest BCUT2D eigenvalue weighted by Crippen LogP contribution is 2.31. The first kappa shape index (κ1) is 13.8. The molecule has 0 saturated carbocycles. The number of hydrogen-bond acceptors (Lipinski definition) is 2. The summed E-state index contributed by atoms with van der Waals surface area (Å²) >= 11 is 0. The van der Waals surface area contributed by atoms with Gasteiger partial charge in [0.2, 0.25) is 0 Å². The first-order valence-electron chi connectivity index (χ1n) is 6.57. The van der Waals surface area contributed by atoms with Crippen molar-refractivity contribution in [2.24, 2.45) is 5.73 Å². The molecule has 0 aromatic heterocycles. The van der Waals surface area contributed by atoms with Crippen LogP contribution in [0.25, 0.3) is 0 Å². The number of benzene rings is 2. The highest BCUT2D eigenvalue weighted by atomic mass is 16.3. The number of nitrogens with two attached hydrogens (primary N) is 1. The van der Waals surface area contributed by atoms with Crippen LogP contribution in [0, 0.1) is 0 Å². The van der Waals surface area contributed by atoms with Crippen LogP contribution in [0.15, 0.2) is 60.7 Å². The fourth-order valence-corrected chi connectivity index (χ4v) is 2.31. The third kappa shape index (κ3) is 3.22. The maximum Gasteiger partial charge on any atom is 0.0823 e. The molecule has 0 fully saturated rings. The smallest absolute Gasteiger partial charge is 0.0823 e. The molecule has 19 heavy (non-hydrogen) atoms. The Balaban J connectivity index is 2.46. The minimum Gasteiger partial charge on any atom is -0.390 e. The van der Waals surface area contributed by atoms with Gasteiger partial charge in [0.15, 0.2) is 0 Å². The van der Waals surface area contributed by atoms with Crippen molar-refractivity contribution in [3.05, 3.63) is 71.8 Å². The molecule has 0 saturated heterocycles. The lowest BCUT2D eigenvalue weighted by atomic mass is 9.79. The molecule has 0 heterocycles. The molecule has 0 aliphatic rings. The van der Waals surface area contributed by atoms with Gasteiger partial charge in [-0.3, -0.25) is 0 Å². The van der Waals surface area contributed by atoms with E-state index in [0.717, 1.165) is 11.1 Å². The first-order chi connectivity index (χ1) is 9.00. The van der Waals surface area contributed by atoms with Crippen LogP contribution < -0.4 is 5.73 Å². The summed E-state index contributed by atoms with van der Waals surface area (Å²) in [5.41, 5.74) is 7.61. The largest absolute Gasteiger partial charge is 0.390 e. The third-order valence-corrected chi connectivity index (χ3v) is 3.40. The van der Waals surface area contributed by atoms with E-state index in [1.807, 2.05) is 74.5 Å². The zero-order chi connectivity index (χ0) is 13.9. The Morgan fingerprint density at radius 2 is 1.21 bits per heavy atom. The van der Waals surface area contributed by atoms with Crippen molar-refractivity contribution in [1.29, 1.82) is 0 Å². The van der Waals surface area contributed by atoms with Gasteiger partial charge in [-0.05, 0) is 25.0 Å². The SMILES string of the molecule is CC(C)(N)C(O)C(c1ccccc1)c1ccccc1. The number of aliphatic hydroxyl groups excluding tert-OH is 1. The average molecular weight is 255 g/mol. The van der Waals surface area contributed by atoms with Crippen molar-refractivity contribution in [3.63, 3.8) is 0 Å². The van der Waals surface area contributed by atoms with Crippen molar-refractivity contribution in [3.8, 4) is 0 Å². The molecule has 0 bridgehead atoms. The van der Waals surface area contributed by atoms with Gasteiger partial charge in [-0.15, -0.1) is 0 Å². The van der Waals surface area contributed by atoms with E-state index < -0.39 is 11.6 Å². The van der Waals surface area contributed by atoms with Crippen LogP contribution >= 0.6 is 0 Å². The van der Waals surface area contributed by atoms with E-state index in [9.17, 15) is 5.11 Å². The fraction of sp³-hybridized carbons (Fsp3) is 0.294. The number of aliphatic hydroxyl groups is 1. The zero-order valence-corrected chi connectivity index (χ0v) is 11.5.